The molecule has 0 amide bonds. The molecule has 0 aliphatic rings. The van der Waals surface area contributed by atoms with Gasteiger partial charge in [0.15, 0.2) is 0 Å². The molecule has 4 nitrogen and oxygen atoms in total. The zero-order chi connectivity index (χ0) is 19.3. The van der Waals surface area contributed by atoms with Crippen molar-refractivity contribution >= 4 is 0 Å². The van der Waals surface area contributed by atoms with E-state index in [1.165, 1.54) is 25.7 Å². The molecule has 0 fully saturated rings. The normalized spacial score (nSPS) is 8.64. The fraction of sp³-hybridized carbons (Fsp3) is 1.00. The zero-order valence-corrected chi connectivity index (χ0v) is 19.2. The van der Waals surface area contributed by atoms with Crippen molar-refractivity contribution in [3.8, 4) is 0 Å². The van der Waals surface area contributed by atoms with Crippen molar-refractivity contribution in [2.45, 2.75) is 105 Å². The van der Waals surface area contributed by atoms with Crippen molar-refractivity contribution in [2.24, 2.45) is 0 Å². The monoisotopic (exact) mass is 400 g/mol. The van der Waals surface area contributed by atoms with Gasteiger partial charge in [-0.25, -0.2) is 0 Å². The van der Waals surface area contributed by atoms with E-state index in [9.17, 15) is 0 Å². The minimum atomic E-state index is 0. The van der Waals surface area contributed by atoms with E-state index in [0.717, 1.165) is 51.4 Å². The molecule has 0 spiro atoms. The third-order valence-corrected chi connectivity index (χ3v) is 3.05. The van der Waals surface area contributed by atoms with Crippen LogP contribution in [0.5, 0.6) is 0 Å². The van der Waals surface area contributed by atoms with Gasteiger partial charge < -0.3 is 20.4 Å². The number of hydrogen-bond acceptors (Lipinski definition) is 4. The van der Waals surface area contributed by atoms with Crippen LogP contribution >= 0.6 is 0 Å². The molecule has 156 valence electrons. The molecule has 5 heteroatoms. The first-order chi connectivity index (χ1) is 11.7. The first-order valence-electron chi connectivity index (χ1n) is 10.1. The molecule has 0 aliphatic heterocycles. The number of aliphatic hydroxyl groups is 4. The van der Waals surface area contributed by atoms with Crippen LogP contribution in [0.4, 0.5) is 0 Å². The second kappa shape index (κ2) is 49.7. The summed E-state index contributed by atoms with van der Waals surface area (Å²) in [7, 11) is 0. The summed E-state index contributed by atoms with van der Waals surface area (Å²) in [6.45, 7) is 9.90. The molecule has 0 unspecified atom stereocenters. The van der Waals surface area contributed by atoms with Gasteiger partial charge in [-0.15, -0.1) is 0 Å². The maximum absolute atomic E-state index is 8.20. The Labute approximate surface area is 173 Å². The average Bonchev–Trinajstić information content (AvgIpc) is 2.62. The summed E-state index contributed by atoms with van der Waals surface area (Å²) in [6.07, 6.45) is 13.3. The minimum Gasteiger partial charge on any atom is -0.396 e. The van der Waals surface area contributed by atoms with Gasteiger partial charge in [0.25, 0.3) is 0 Å². The Morgan fingerprint density at radius 1 is 0.360 bits per heavy atom. The van der Waals surface area contributed by atoms with Crippen molar-refractivity contribution in [3.05, 3.63) is 0 Å². The summed E-state index contributed by atoms with van der Waals surface area (Å²) in [5.41, 5.74) is 0. The molecule has 25 heavy (non-hydrogen) atoms. The van der Waals surface area contributed by atoms with E-state index in [1.54, 1.807) is 0 Å². The van der Waals surface area contributed by atoms with Crippen molar-refractivity contribution in [1.82, 2.24) is 0 Å². The minimum absolute atomic E-state index is 0. The fourth-order valence-corrected chi connectivity index (χ4v) is 1.45. The Kier molecular flexibility index (Phi) is 72.5. The standard InChI is InChI=1S/4C5H12O.Ti/c4*1-2-3-4-5-6;/h4*6H,2-5H2,1H3;. The van der Waals surface area contributed by atoms with Crippen LogP contribution < -0.4 is 0 Å². The molecule has 0 aromatic rings. The van der Waals surface area contributed by atoms with Gasteiger partial charge in [0.05, 0.1) is 0 Å². The molecule has 0 radical (unpaired) electrons. The van der Waals surface area contributed by atoms with Crippen LogP contribution in [0.2, 0.25) is 0 Å². The molecule has 0 heterocycles. The predicted octanol–water partition coefficient (Wildman–Crippen LogP) is 4.67. The second-order valence-electron chi connectivity index (χ2n) is 5.72. The first-order valence-corrected chi connectivity index (χ1v) is 10.1. The number of unbranched alkanes of at least 4 members (excludes halogenated alkanes) is 8. The molecule has 0 aliphatic carbocycles. The van der Waals surface area contributed by atoms with Crippen LogP contribution in [0.25, 0.3) is 0 Å². The summed E-state index contributed by atoms with van der Waals surface area (Å²) in [5, 5.41) is 32.8. The van der Waals surface area contributed by atoms with Gasteiger partial charge in [0.2, 0.25) is 0 Å². The van der Waals surface area contributed by atoms with Gasteiger partial charge >= 0.3 is 0 Å². The van der Waals surface area contributed by atoms with Gasteiger partial charge in [-0.2, -0.15) is 0 Å². The van der Waals surface area contributed by atoms with Gasteiger partial charge in [0, 0.05) is 48.1 Å². The molecule has 4 N–H and O–H groups in total. The molecular formula is C20H48O4Ti. The van der Waals surface area contributed by atoms with Crippen LogP contribution in [0, 0.1) is 0 Å². The quantitative estimate of drug-likeness (QED) is 0.283. The fourth-order valence-electron chi connectivity index (χ4n) is 1.45. The number of hydrogen-bond donors (Lipinski definition) is 4. The molecular weight excluding hydrogens is 352 g/mol. The SMILES string of the molecule is CCCCCO.CCCCCO.CCCCCO.CCCCCO.[Ti]. The Morgan fingerprint density at radius 2 is 0.520 bits per heavy atom. The van der Waals surface area contributed by atoms with Crippen LogP contribution in [-0.2, 0) is 21.7 Å². The van der Waals surface area contributed by atoms with Crippen molar-refractivity contribution in [1.29, 1.82) is 0 Å². The van der Waals surface area contributed by atoms with E-state index in [2.05, 4.69) is 27.7 Å². The van der Waals surface area contributed by atoms with Gasteiger partial charge in [0.1, 0.15) is 0 Å². The summed E-state index contributed by atoms with van der Waals surface area (Å²) in [4.78, 5) is 0. The van der Waals surface area contributed by atoms with Gasteiger partial charge in [-0.3, -0.25) is 0 Å². The van der Waals surface area contributed by atoms with Crippen molar-refractivity contribution in [2.75, 3.05) is 26.4 Å². The third-order valence-electron chi connectivity index (χ3n) is 3.05. The van der Waals surface area contributed by atoms with Crippen LogP contribution in [-0.4, -0.2) is 46.9 Å². The zero-order valence-electron chi connectivity index (χ0n) is 17.6. The van der Waals surface area contributed by atoms with Crippen molar-refractivity contribution in [3.63, 3.8) is 0 Å². The van der Waals surface area contributed by atoms with E-state index in [4.69, 9.17) is 20.4 Å². The smallest absolute Gasteiger partial charge is 0.0431 e. The summed E-state index contributed by atoms with van der Waals surface area (Å²) >= 11 is 0. The predicted molar refractivity (Wildman–Crippen MR) is 106 cm³/mol. The summed E-state index contributed by atoms with van der Waals surface area (Å²) in [5.74, 6) is 0. The molecule has 0 saturated carbocycles. The van der Waals surface area contributed by atoms with E-state index in [1.807, 2.05) is 0 Å². The maximum Gasteiger partial charge on any atom is 0.0431 e. The Bertz CT molecular complexity index is 102. The Balaban J connectivity index is -0.0000000702. The molecule has 0 bridgehead atoms. The van der Waals surface area contributed by atoms with Gasteiger partial charge in [-0.1, -0.05) is 79.1 Å². The topological polar surface area (TPSA) is 80.9 Å². The molecule has 0 aromatic heterocycles. The van der Waals surface area contributed by atoms with Crippen LogP contribution in [0.15, 0.2) is 0 Å². The number of aliphatic hydroxyl groups excluding tert-OH is 4. The third kappa shape index (κ3) is 79.3. The largest absolute Gasteiger partial charge is 0.396 e. The van der Waals surface area contributed by atoms with Crippen LogP contribution in [0.3, 0.4) is 0 Å². The molecule has 0 aromatic carbocycles. The number of rotatable bonds is 12. The average molecular weight is 400 g/mol. The van der Waals surface area contributed by atoms with Crippen molar-refractivity contribution < 1.29 is 42.1 Å². The summed E-state index contributed by atoms with van der Waals surface area (Å²) in [6, 6.07) is 0. The van der Waals surface area contributed by atoms with E-state index >= 15 is 0 Å². The van der Waals surface area contributed by atoms with E-state index in [-0.39, 0.29) is 21.7 Å². The molecule has 0 saturated heterocycles. The van der Waals surface area contributed by atoms with Crippen LogP contribution in [0.1, 0.15) is 105 Å². The second-order valence-corrected chi connectivity index (χ2v) is 5.72. The Hall–Kier alpha value is 0.554. The maximum atomic E-state index is 8.20. The van der Waals surface area contributed by atoms with Gasteiger partial charge in [-0.05, 0) is 25.7 Å². The summed E-state index contributed by atoms with van der Waals surface area (Å²) < 4.78 is 0. The Morgan fingerprint density at radius 3 is 0.560 bits per heavy atom. The van der Waals surface area contributed by atoms with E-state index < -0.39 is 0 Å². The first kappa shape index (κ1) is 36.5. The molecule has 0 atom stereocenters. The molecule has 0 rings (SSSR count). The van der Waals surface area contributed by atoms with E-state index in [0.29, 0.717) is 26.4 Å².